The number of para-hydroxylation sites is 1. The van der Waals surface area contributed by atoms with Gasteiger partial charge in [-0.05, 0) is 66.4 Å². The second-order valence-electron chi connectivity index (χ2n) is 8.86. The van der Waals surface area contributed by atoms with Gasteiger partial charge in [-0.15, -0.1) is 12.8 Å². The monoisotopic (exact) mass is 563 g/mol. The molecule has 6 N–H and O–H groups in total. The number of nitrogens with two attached hydrogens (primary N) is 1. The lowest BCUT2D eigenvalue weighted by Crippen LogP contribution is -2.33. The average Bonchev–Trinajstić information content (AvgIpc) is 2.98. The first-order valence-electron chi connectivity index (χ1n) is 12.9. The van der Waals surface area contributed by atoms with Gasteiger partial charge in [0.2, 0.25) is 11.8 Å². The molecule has 8 nitrogen and oxygen atoms in total. The average molecular weight is 564 g/mol. The number of amidine groups is 1. The van der Waals surface area contributed by atoms with Gasteiger partial charge in [0.1, 0.15) is 18.2 Å². The molecular weight excluding hydrogens is 528 g/mol. The Morgan fingerprint density at radius 1 is 0.976 bits per heavy atom. The fraction of sp³-hybridized carbons (Fsp3) is 0.258. The molecule has 0 radical (unpaired) electrons. The van der Waals surface area contributed by atoms with Crippen molar-refractivity contribution in [3.05, 3.63) is 89.5 Å². The molecule has 216 valence electrons. The minimum Gasteiger partial charge on any atom is -0.487 e. The number of nitrogen functional groups attached to an aromatic ring is 1. The second-order valence-corrected chi connectivity index (χ2v) is 8.86. The highest BCUT2D eigenvalue weighted by atomic mass is 19.3. The number of nitrogens with one attached hydrogen (secondary N) is 4. The van der Waals surface area contributed by atoms with Crippen LogP contribution in [0.25, 0.3) is 0 Å². The van der Waals surface area contributed by atoms with Crippen molar-refractivity contribution >= 4 is 29.0 Å². The van der Waals surface area contributed by atoms with Gasteiger partial charge in [-0.25, -0.2) is 8.78 Å². The molecule has 1 atom stereocenters. The molecule has 0 saturated carbocycles. The zero-order valence-electron chi connectivity index (χ0n) is 22.8. The van der Waals surface area contributed by atoms with Crippen molar-refractivity contribution in [2.24, 2.45) is 5.73 Å². The van der Waals surface area contributed by atoms with Gasteiger partial charge in [0.25, 0.3) is 6.43 Å². The van der Waals surface area contributed by atoms with Gasteiger partial charge in [0.05, 0.1) is 12.6 Å². The number of rotatable bonds is 14. The summed E-state index contributed by atoms with van der Waals surface area (Å²) in [5, 5.41) is 16.4. The Balaban J connectivity index is 0.00000287. The molecule has 0 saturated heterocycles. The van der Waals surface area contributed by atoms with Crippen LogP contribution in [0, 0.1) is 18.3 Å². The summed E-state index contributed by atoms with van der Waals surface area (Å²) < 4.78 is 30.2. The zero-order chi connectivity index (χ0) is 30.2. The Kier molecular flexibility index (Phi) is 13.3. The number of anilines is 2. The van der Waals surface area contributed by atoms with Crippen molar-refractivity contribution in [3.63, 3.8) is 0 Å². The summed E-state index contributed by atoms with van der Waals surface area (Å²) in [6.45, 7) is 1.32. The van der Waals surface area contributed by atoms with Crippen molar-refractivity contribution in [1.82, 2.24) is 5.32 Å². The number of ether oxygens (including phenoxy) is 1. The zero-order valence-corrected chi connectivity index (χ0v) is 22.8. The fourth-order valence-corrected chi connectivity index (χ4v) is 3.93. The van der Waals surface area contributed by atoms with Crippen LogP contribution in [0.3, 0.4) is 0 Å². The highest BCUT2D eigenvalue weighted by Crippen LogP contribution is 2.22. The van der Waals surface area contributed by atoms with E-state index in [4.69, 9.17) is 15.9 Å². The van der Waals surface area contributed by atoms with Crippen molar-refractivity contribution in [3.8, 4) is 18.6 Å². The van der Waals surface area contributed by atoms with Crippen LogP contribution in [0.2, 0.25) is 0 Å². The summed E-state index contributed by atoms with van der Waals surface area (Å²) >= 11 is 0. The van der Waals surface area contributed by atoms with Crippen LogP contribution in [-0.4, -0.2) is 37.2 Å². The molecule has 41 heavy (non-hydrogen) atoms. The summed E-state index contributed by atoms with van der Waals surface area (Å²) in [6, 6.07) is 20.8. The molecule has 0 aliphatic carbocycles. The molecule has 10 heteroatoms. The number of benzene rings is 3. The second kappa shape index (κ2) is 16.9. The topological polar surface area (TPSA) is 129 Å². The number of carbonyl (C=O) groups is 2. The van der Waals surface area contributed by atoms with Crippen LogP contribution in [0.15, 0.2) is 72.8 Å². The molecule has 0 heterocycles. The van der Waals surface area contributed by atoms with Crippen molar-refractivity contribution in [2.75, 3.05) is 23.8 Å². The highest BCUT2D eigenvalue weighted by molar-refractivity contribution is 5.95. The third kappa shape index (κ3) is 11.0. The Hall–Kier alpha value is -4.91. The van der Waals surface area contributed by atoms with Crippen LogP contribution >= 0.6 is 0 Å². The largest absolute Gasteiger partial charge is 0.487 e. The quantitative estimate of drug-likeness (QED) is 0.106. The van der Waals surface area contributed by atoms with Gasteiger partial charge in [-0.1, -0.05) is 37.3 Å². The molecule has 3 aromatic carbocycles. The van der Waals surface area contributed by atoms with Gasteiger partial charge in [-0.2, -0.15) is 0 Å². The summed E-state index contributed by atoms with van der Waals surface area (Å²) in [7, 11) is 0. The van der Waals surface area contributed by atoms with Gasteiger partial charge < -0.3 is 26.4 Å². The smallest absolute Gasteiger partial charge is 0.272 e. The molecule has 0 aromatic heterocycles. The Bertz CT molecular complexity index is 1310. The molecule has 0 bridgehead atoms. The first-order valence-corrected chi connectivity index (χ1v) is 12.9. The minimum absolute atomic E-state index is 0.0222. The third-order valence-corrected chi connectivity index (χ3v) is 5.92. The number of amides is 2. The lowest BCUT2D eigenvalue weighted by atomic mass is 10.0. The van der Waals surface area contributed by atoms with E-state index in [-0.39, 0.29) is 36.7 Å². The van der Waals surface area contributed by atoms with E-state index in [9.17, 15) is 18.4 Å². The molecule has 3 aromatic rings. The van der Waals surface area contributed by atoms with Crippen LogP contribution in [0.4, 0.5) is 20.2 Å². The summed E-state index contributed by atoms with van der Waals surface area (Å²) in [4.78, 5) is 25.2. The van der Waals surface area contributed by atoms with Crippen LogP contribution in [-0.2, 0) is 16.0 Å². The summed E-state index contributed by atoms with van der Waals surface area (Å²) in [5.74, 6) is -0.102. The van der Waals surface area contributed by atoms with E-state index in [0.29, 0.717) is 35.4 Å². The number of hydrogen-bond donors (Lipinski definition) is 5. The van der Waals surface area contributed by atoms with Gasteiger partial charge in [-0.3, -0.25) is 15.0 Å². The first-order chi connectivity index (χ1) is 19.7. The maximum Gasteiger partial charge on any atom is 0.272 e. The SMILES string of the molecule is C#C.CC[C@@H](NC(=O)CNc1ccc(C(=N)N)cc1)c1cccc(NC(=O)CCc2ccccc2OCC(F)F)c1. The number of halogens is 2. The van der Waals surface area contributed by atoms with Crippen molar-refractivity contribution < 1.29 is 23.1 Å². The Labute approximate surface area is 239 Å². The molecule has 0 fully saturated rings. The standard InChI is InChI=1S/C29H33F2N5O3.C2H2/c1-2-24(36-28(38)17-34-22-13-10-20(11-14-22)29(32)33)21-7-5-8-23(16-21)35-27(37)15-12-19-6-3-4-9-25(19)39-18-26(30)31;1-2/h3-11,13-14,16,24,26,34H,2,12,15,17-18H2,1H3,(H3,32,33)(H,35,37)(H,36,38);1-2H/t24-;/m1./s1. The maximum atomic E-state index is 12.6. The van der Waals surface area contributed by atoms with E-state index in [0.717, 1.165) is 11.3 Å². The van der Waals surface area contributed by atoms with Crippen LogP contribution < -0.4 is 26.4 Å². The van der Waals surface area contributed by atoms with E-state index in [1.165, 1.54) is 0 Å². The number of alkyl halides is 2. The molecule has 0 aliphatic rings. The summed E-state index contributed by atoms with van der Waals surface area (Å²) in [5.41, 5.74) is 8.92. The lowest BCUT2D eigenvalue weighted by Gasteiger charge is -2.19. The molecule has 0 spiro atoms. The van der Waals surface area contributed by atoms with Crippen molar-refractivity contribution in [2.45, 2.75) is 38.7 Å². The van der Waals surface area contributed by atoms with E-state index in [2.05, 4.69) is 28.8 Å². The summed E-state index contributed by atoms with van der Waals surface area (Å²) in [6.07, 6.45) is 6.55. The minimum atomic E-state index is -2.58. The first kappa shape index (κ1) is 32.3. The number of aryl methyl sites for hydroxylation is 1. The number of hydrogen-bond acceptors (Lipinski definition) is 5. The number of terminal acetylenes is 1. The van der Waals surface area contributed by atoms with Gasteiger partial charge in [0, 0.05) is 23.4 Å². The molecule has 3 rings (SSSR count). The van der Waals surface area contributed by atoms with Gasteiger partial charge >= 0.3 is 0 Å². The Morgan fingerprint density at radius 2 is 1.68 bits per heavy atom. The van der Waals surface area contributed by atoms with Crippen LogP contribution in [0.1, 0.15) is 42.5 Å². The van der Waals surface area contributed by atoms with Gasteiger partial charge in [0.15, 0.2) is 0 Å². The van der Waals surface area contributed by atoms with E-state index >= 15 is 0 Å². The molecule has 0 aliphatic heterocycles. The third-order valence-electron chi connectivity index (χ3n) is 5.92. The van der Waals surface area contributed by atoms with E-state index in [1.54, 1.807) is 54.6 Å². The normalized spacial score (nSPS) is 11.0. The molecular formula is C31H35F2N5O3. The van der Waals surface area contributed by atoms with Crippen molar-refractivity contribution in [1.29, 1.82) is 5.41 Å². The predicted octanol–water partition coefficient (Wildman–Crippen LogP) is 5.11. The maximum absolute atomic E-state index is 12.6. The van der Waals surface area contributed by atoms with Crippen LogP contribution in [0.5, 0.6) is 5.75 Å². The number of carbonyl (C=O) groups excluding carboxylic acids is 2. The fourth-order valence-electron chi connectivity index (χ4n) is 3.93. The predicted molar refractivity (Wildman–Crippen MR) is 158 cm³/mol. The highest BCUT2D eigenvalue weighted by Gasteiger charge is 2.15. The van der Waals surface area contributed by atoms with E-state index in [1.807, 2.05) is 25.1 Å². The lowest BCUT2D eigenvalue weighted by molar-refractivity contribution is -0.120. The molecule has 2 amide bonds. The molecule has 0 unspecified atom stereocenters. The Morgan fingerprint density at radius 3 is 2.34 bits per heavy atom. The van der Waals surface area contributed by atoms with E-state index < -0.39 is 13.0 Å².